The van der Waals surface area contributed by atoms with E-state index in [1.165, 1.54) is 143 Å². The van der Waals surface area contributed by atoms with E-state index in [-0.39, 0.29) is 5.41 Å². The summed E-state index contributed by atoms with van der Waals surface area (Å²) >= 11 is 0. The number of rotatable bonds is 6. The molecule has 0 atom stereocenters. The van der Waals surface area contributed by atoms with Crippen LogP contribution in [0.5, 0.6) is 0 Å². The lowest BCUT2D eigenvalue weighted by atomic mass is 9.77. The van der Waals surface area contributed by atoms with Gasteiger partial charge in [0.25, 0.3) is 0 Å². The maximum absolute atomic E-state index is 6.43. The van der Waals surface area contributed by atoms with Gasteiger partial charge in [0.15, 0.2) is 0 Å². The molecule has 0 aliphatic heterocycles. The first-order valence-corrected chi connectivity index (χ1v) is 27.2. The summed E-state index contributed by atoms with van der Waals surface area (Å²) in [5, 5.41) is 14.7. The highest BCUT2D eigenvalue weighted by molar-refractivity contribution is 6.24. The first-order valence-electron chi connectivity index (χ1n) is 27.2. The number of hydrogen-bond donors (Lipinski definition) is 0. The highest BCUT2D eigenvalue weighted by Crippen LogP contribution is 2.55. The average Bonchev–Trinajstić information content (AvgIpc) is 4.02. The molecule has 364 valence electrons. The molecule has 0 fully saturated rings. The van der Waals surface area contributed by atoms with Crippen LogP contribution in [0.15, 0.2) is 271 Å². The molecule has 1 nitrogen and oxygen atoms in total. The smallest absolute Gasteiger partial charge is 0.135 e. The van der Waals surface area contributed by atoms with Crippen molar-refractivity contribution in [3.05, 3.63) is 278 Å². The Morgan fingerprint density at radius 2 is 0.615 bits per heavy atom. The largest absolute Gasteiger partial charge is 0.456 e. The van der Waals surface area contributed by atoms with Crippen LogP contribution in [-0.2, 0) is 5.41 Å². The quantitative estimate of drug-likeness (QED) is 0.151. The van der Waals surface area contributed by atoms with Crippen LogP contribution in [0.4, 0.5) is 0 Å². The molecule has 78 heavy (non-hydrogen) atoms. The maximum atomic E-state index is 6.43. The van der Waals surface area contributed by atoms with Gasteiger partial charge in [-0.3, -0.25) is 0 Å². The molecule has 15 aromatic rings. The lowest BCUT2D eigenvalue weighted by Gasteiger charge is -2.26. The van der Waals surface area contributed by atoms with Crippen molar-refractivity contribution >= 4 is 75.8 Å². The molecular formula is C77H50O. The zero-order valence-corrected chi connectivity index (χ0v) is 43.3. The van der Waals surface area contributed by atoms with Gasteiger partial charge in [0.2, 0.25) is 0 Å². The summed E-state index contributed by atoms with van der Waals surface area (Å²) in [6, 6.07) is 98.9. The lowest BCUT2D eigenvalue weighted by Crippen LogP contribution is -2.16. The fourth-order valence-corrected chi connectivity index (χ4v) is 13.7. The zero-order chi connectivity index (χ0) is 51.6. The van der Waals surface area contributed by atoms with Gasteiger partial charge in [-0.05, 0) is 179 Å². The van der Waals surface area contributed by atoms with Crippen LogP contribution >= 0.6 is 0 Å². The fourth-order valence-electron chi connectivity index (χ4n) is 13.7. The SMILES string of the molecule is CC1(C)c2ccccc2-c2cccc(-c3c4ccccc4c(-c4ccc5cc(-c6ccc(-c7c8ccccc8c(-c8ccc9oc%10ccc(-c%11ccccc%11)cc%10c9c8)c8ccccc78)cc6)ccc5c4)c4ccccc34)c21. The van der Waals surface area contributed by atoms with Gasteiger partial charge in [-0.25, -0.2) is 0 Å². The van der Waals surface area contributed by atoms with Gasteiger partial charge in [0, 0.05) is 16.2 Å². The van der Waals surface area contributed by atoms with Crippen LogP contribution in [-0.4, -0.2) is 0 Å². The average molecular weight is 991 g/mol. The molecule has 0 unspecified atom stereocenters. The van der Waals surface area contributed by atoms with Gasteiger partial charge in [-0.1, -0.05) is 244 Å². The van der Waals surface area contributed by atoms with Gasteiger partial charge >= 0.3 is 0 Å². The van der Waals surface area contributed by atoms with E-state index in [9.17, 15) is 0 Å². The number of hydrogen-bond acceptors (Lipinski definition) is 1. The Kier molecular flexibility index (Phi) is 9.75. The molecule has 1 aliphatic carbocycles. The van der Waals surface area contributed by atoms with E-state index in [4.69, 9.17) is 4.42 Å². The van der Waals surface area contributed by atoms with E-state index in [0.717, 1.165) is 21.9 Å². The van der Waals surface area contributed by atoms with Gasteiger partial charge in [0.1, 0.15) is 11.2 Å². The Morgan fingerprint density at radius 3 is 1.21 bits per heavy atom. The molecule has 1 heteroatoms. The molecule has 0 saturated heterocycles. The molecular weight excluding hydrogens is 941 g/mol. The second kappa shape index (κ2) is 17.1. The van der Waals surface area contributed by atoms with E-state index < -0.39 is 0 Å². The van der Waals surface area contributed by atoms with Gasteiger partial charge in [-0.2, -0.15) is 0 Å². The van der Waals surface area contributed by atoms with Crippen LogP contribution in [0.25, 0.3) is 154 Å². The van der Waals surface area contributed by atoms with E-state index in [2.05, 4.69) is 281 Å². The Balaban J connectivity index is 0.767. The van der Waals surface area contributed by atoms with Crippen LogP contribution in [0.2, 0.25) is 0 Å². The van der Waals surface area contributed by atoms with Crippen molar-refractivity contribution in [2.75, 3.05) is 0 Å². The van der Waals surface area contributed by atoms with Crippen LogP contribution in [0.3, 0.4) is 0 Å². The third kappa shape index (κ3) is 6.68. The summed E-state index contributed by atoms with van der Waals surface area (Å²) in [5.41, 5.74) is 21.9. The van der Waals surface area contributed by atoms with E-state index >= 15 is 0 Å². The Hall–Kier alpha value is -9.82. The molecule has 0 spiro atoms. The second-order valence-corrected chi connectivity index (χ2v) is 21.8. The minimum Gasteiger partial charge on any atom is -0.456 e. The Bertz CT molecular complexity index is 4860. The van der Waals surface area contributed by atoms with Crippen molar-refractivity contribution in [1.82, 2.24) is 0 Å². The van der Waals surface area contributed by atoms with Crippen molar-refractivity contribution in [3.8, 4) is 77.9 Å². The zero-order valence-electron chi connectivity index (χ0n) is 43.3. The van der Waals surface area contributed by atoms with Crippen LogP contribution in [0, 0.1) is 0 Å². The van der Waals surface area contributed by atoms with Crippen molar-refractivity contribution in [1.29, 1.82) is 0 Å². The molecule has 1 aromatic heterocycles. The highest BCUT2D eigenvalue weighted by atomic mass is 16.3. The number of benzene rings is 14. The molecule has 0 radical (unpaired) electrons. The summed E-state index contributed by atoms with van der Waals surface area (Å²) in [6.45, 7) is 4.79. The summed E-state index contributed by atoms with van der Waals surface area (Å²) < 4.78 is 6.43. The molecule has 14 aromatic carbocycles. The minimum absolute atomic E-state index is 0.135. The van der Waals surface area contributed by atoms with E-state index in [1.807, 2.05) is 0 Å². The summed E-state index contributed by atoms with van der Waals surface area (Å²) in [6.07, 6.45) is 0. The van der Waals surface area contributed by atoms with Gasteiger partial charge < -0.3 is 4.42 Å². The Morgan fingerprint density at radius 1 is 0.244 bits per heavy atom. The summed E-state index contributed by atoms with van der Waals surface area (Å²) in [4.78, 5) is 0. The number of furan rings is 1. The van der Waals surface area contributed by atoms with E-state index in [0.29, 0.717) is 0 Å². The fraction of sp³-hybridized carbons (Fsp3) is 0.0390. The first kappa shape index (κ1) is 44.5. The summed E-state index contributed by atoms with van der Waals surface area (Å²) in [7, 11) is 0. The standard InChI is InChI=1S/C77H50O/c1-77(2)69-30-15-14-19-56(69)65-28-16-29-66(76(65)77)75-63-26-12-10-24-61(63)73(62-25-11-13-27-64(62)75)54-38-37-51-43-50(35-36-52(51)44-54)48-31-33-49(34-32-48)72-57-20-6-8-22-59(57)74(60-23-9-7-21-58(60)72)55-40-42-71-68(46-55)67-45-53(39-41-70(67)78-71)47-17-4-3-5-18-47/h3-46H,1-2H3. The third-order valence-corrected chi connectivity index (χ3v) is 17.2. The topological polar surface area (TPSA) is 13.1 Å². The second-order valence-electron chi connectivity index (χ2n) is 21.8. The van der Waals surface area contributed by atoms with Crippen molar-refractivity contribution in [3.63, 3.8) is 0 Å². The minimum atomic E-state index is -0.135. The van der Waals surface area contributed by atoms with Crippen LogP contribution in [0.1, 0.15) is 25.0 Å². The Labute approximate surface area is 452 Å². The van der Waals surface area contributed by atoms with Gasteiger partial charge in [0.05, 0.1) is 0 Å². The normalized spacial score (nSPS) is 12.8. The van der Waals surface area contributed by atoms with Crippen LogP contribution < -0.4 is 0 Å². The highest BCUT2D eigenvalue weighted by Gasteiger charge is 2.38. The van der Waals surface area contributed by atoms with Gasteiger partial charge in [-0.15, -0.1) is 0 Å². The predicted octanol–water partition coefficient (Wildman–Crippen LogP) is 21.7. The van der Waals surface area contributed by atoms with E-state index in [1.54, 1.807) is 0 Å². The molecule has 0 bridgehead atoms. The molecule has 0 N–H and O–H groups in total. The molecule has 1 aliphatic rings. The maximum Gasteiger partial charge on any atom is 0.135 e. The van der Waals surface area contributed by atoms with Crippen molar-refractivity contribution in [2.24, 2.45) is 0 Å². The molecule has 0 amide bonds. The van der Waals surface area contributed by atoms with Crippen molar-refractivity contribution < 1.29 is 4.42 Å². The first-order chi connectivity index (χ1) is 38.4. The predicted molar refractivity (Wildman–Crippen MR) is 331 cm³/mol. The molecule has 16 rings (SSSR count). The van der Waals surface area contributed by atoms with Crippen molar-refractivity contribution in [2.45, 2.75) is 19.3 Å². The number of fused-ring (bicyclic) bond motifs is 11. The molecule has 1 heterocycles. The lowest BCUT2D eigenvalue weighted by molar-refractivity contribution is 0.662. The summed E-state index contributed by atoms with van der Waals surface area (Å²) in [5.74, 6) is 0. The monoisotopic (exact) mass is 990 g/mol. The third-order valence-electron chi connectivity index (χ3n) is 17.2. The molecule has 0 saturated carbocycles.